The van der Waals surface area contributed by atoms with Gasteiger partial charge in [0.05, 0.1) is 18.7 Å². The fourth-order valence-corrected chi connectivity index (χ4v) is 3.25. The molecule has 0 spiro atoms. The van der Waals surface area contributed by atoms with Crippen molar-refractivity contribution >= 4 is 5.91 Å². The van der Waals surface area contributed by atoms with E-state index in [1.54, 1.807) is 47.6 Å². The third-order valence-corrected chi connectivity index (χ3v) is 5.00. The van der Waals surface area contributed by atoms with Crippen LogP contribution in [0.2, 0.25) is 0 Å². The Hall–Kier alpha value is -3.02. The molecule has 2 aromatic carbocycles. The van der Waals surface area contributed by atoms with Crippen molar-refractivity contribution in [1.29, 1.82) is 0 Å². The van der Waals surface area contributed by atoms with Crippen LogP contribution in [0.15, 0.2) is 60.9 Å². The predicted molar refractivity (Wildman–Crippen MR) is 102 cm³/mol. The highest BCUT2D eigenvalue weighted by molar-refractivity contribution is 5.94. The number of rotatable bonds is 7. The van der Waals surface area contributed by atoms with Crippen LogP contribution in [0, 0.1) is 17.6 Å². The minimum atomic E-state index is -0.525. The number of hydrogen-bond acceptors (Lipinski definition) is 2. The van der Waals surface area contributed by atoms with Crippen LogP contribution in [0.3, 0.4) is 0 Å². The highest BCUT2D eigenvalue weighted by Crippen LogP contribution is 2.31. The molecule has 0 radical (unpaired) electrons. The molecule has 6 heteroatoms. The third-order valence-electron chi connectivity index (χ3n) is 5.00. The van der Waals surface area contributed by atoms with E-state index >= 15 is 0 Å². The Bertz CT molecular complexity index is 981. The Morgan fingerprint density at radius 2 is 1.79 bits per heavy atom. The summed E-state index contributed by atoms with van der Waals surface area (Å²) in [4.78, 5) is 19.0. The highest BCUT2D eigenvalue weighted by atomic mass is 19.1. The van der Waals surface area contributed by atoms with Gasteiger partial charge in [-0.2, -0.15) is 0 Å². The molecule has 0 bridgehead atoms. The van der Waals surface area contributed by atoms with E-state index in [9.17, 15) is 13.6 Å². The largest absolute Gasteiger partial charge is 0.331 e. The molecule has 1 aliphatic rings. The monoisotopic (exact) mass is 381 g/mol. The molecule has 4 nitrogen and oxygen atoms in total. The van der Waals surface area contributed by atoms with E-state index in [4.69, 9.17) is 0 Å². The molecule has 1 aromatic heterocycles. The summed E-state index contributed by atoms with van der Waals surface area (Å²) in [5.41, 5.74) is 0.617. The van der Waals surface area contributed by atoms with Gasteiger partial charge >= 0.3 is 0 Å². The van der Waals surface area contributed by atoms with Crippen molar-refractivity contribution in [3.63, 3.8) is 0 Å². The molecule has 0 atom stereocenters. The molecule has 1 fully saturated rings. The number of carbonyl (C=O) groups is 1. The average Bonchev–Trinajstić information content (AvgIpc) is 3.41. The number of halogens is 2. The van der Waals surface area contributed by atoms with Gasteiger partial charge < -0.3 is 9.47 Å². The van der Waals surface area contributed by atoms with Gasteiger partial charge in [0.1, 0.15) is 17.5 Å². The lowest BCUT2D eigenvalue weighted by Crippen LogP contribution is -2.34. The Morgan fingerprint density at radius 1 is 1.07 bits per heavy atom. The van der Waals surface area contributed by atoms with Crippen LogP contribution in [0.5, 0.6) is 0 Å². The molecule has 0 unspecified atom stereocenters. The van der Waals surface area contributed by atoms with E-state index in [1.807, 2.05) is 4.57 Å². The van der Waals surface area contributed by atoms with E-state index in [2.05, 4.69) is 4.98 Å². The summed E-state index contributed by atoms with van der Waals surface area (Å²) in [6.07, 6.45) is 5.55. The first kappa shape index (κ1) is 18.3. The maximum absolute atomic E-state index is 14.1. The predicted octanol–water partition coefficient (Wildman–Crippen LogP) is 4.26. The first-order valence-electron chi connectivity index (χ1n) is 9.39. The number of nitrogens with zero attached hydrogens (tertiary/aromatic N) is 3. The zero-order valence-electron chi connectivity index (χ0n) is 15.4. The van der Waals surface area contributed by atoms with Crippen LogP contribution in [0.1, 0.15) is 34.6 Å². The van der Waals surface area contributed by atoms with Crippen LogP contribution in [-0.2, 0) is 13.1 Å². The first-order chi connectivity index (χ1) is 13.6. The quantitative estimate of drug-likeness (QED) is 0.613. The maximum atomic E-state index is 14.1. The number of imidazole rings is 1. The molecule has 1 amide bonds. The van der Waals surface area contributed by atoms with Gasteiger partial charge in [-0.25, -0.2) is 13.8 Å². The Balaban J connectivity index is 1.56. The number of carbonyl (C=O) groups excluding carboxylic acids is 1. The van der Waals surface area contributed by atoms with Gasteiger partial charge in [-0.3, -0.25) is 4.79 Å². The molecule has 28 heavy (non-hydrogen) atoms. The molecule has 1 heterocycles. The summed E-state index contributed by atoms with van der Waals surface area (Å²) < 4.78 is 30.0. The van der Waals surface area contributed by atoms with E-state index in [-0.39, 0.29) is 23.8 Å². The second-order valence-corrected chi connectivity index (χ2v) is 7.17. The zero-order valence-corrected chi connectivity index (χ0v) is 15.4. The van der Waals surface area contributed by atoms with Gasteiger partial charge in [0, 0.05) is 24.5 Å². The normalized spacial score (nSPS) is 13.5. The van der Waals surface area contributed by atoms with Crippen molar-refractivity contribution in [1.82, 2.24) is 14.5 Å². The molecule has 1 saturated carbocycles. The standard InChI is InChI=1S/C22H21F2N3O/c23-19-7-3-1-5-17(19)14-26-12-11-25-21(26)15-27(13-16-9-10-16)22(28)18-6-2-4-8-20(18)24/h1-8,11-12,16H,9-10,13-15H2. The van der Waals surface area contributed by atoms with E-state index in [1.165, 1.54) is 18.2 Å². The van der Waals surface area contributed by atoms with Crippen molar-refractivity contribution in [2.24, 2.45) is 5.92 Å². The molecule has 0 saturated heterocycles. The number of benzene rings is 2. The van der Waals surface area contributed by atoms with Crippen molar-refractivity contribution in [2.75, 3.05) is 6.54 Å². The first-order valence-corrected chi connectivity index (χ1v) is 9.39. The Labute approximate surface area is 162 Å². The minimum absolute atomic E-state index is 0.0651. The molecule has 3 aromatic rings. The Morgan fingerprint density at radius 3 is 2.50 bits per heavy atom. The summed E-state index contributed by atoms with van der Waals surface area (Å²) >= 11 is 0. The second-order valence-electron chi connectivity index (χ2n) is 7.17. The van der Waals surface area contributed by atoms with E-state index in [0.717, 1.165) is 12.8 Å². The molecule has 0 aliphatic heterocycles. The fraction of sp³-hybridized carbons (Fsp3) is 0.273. The zero-order chi connectivity index (χ0) is 19.5. The minimum Gasteiger partial charge on any atom is -0.331 e. The molecule has 4 rings (SSSR count). The van der Waals surface area contributed by atoms with Crippen molar-refractivity contribution in [2.45, 2.75) is 25.9 Å². The van der Waals surface area contributed by atoms with E-state index < -0.39 is 5.82 Å². The van der Waals surface area contributed by atoms with E-state index in [0.29, 0.717) is 30.4 Å². The third kappa shape index (κ3) is 4.11. The summed E-state index contributed by atoms with van der Waals surface area (Å²) in [6.45, 7) is 1.15. The molecular formula is C22H21F2N3O. The lowest BCUT2D eigenvalue weighted by Gasteiger charge is -2.23. The molecule has 144 valence electrons. The molecular weight excluding hydrogens is 360 g/mol. The van der Waals surface area contributed by atoms with Gasteiger partial charge in [0.2, 0.25) is 0 Å². The van der Waals surface area contributed by atoms with Crippen LogP contribution in [0.25, 0.3) is 0 Å². The van der Waals surface area contributed by atoms with Crippen molar-refractivity contribution < 1.29 is 13.6 Å². The second kappa shape index (κ2) is 7.92. The van der Waals surface area contributed by atoms with Gasteiger partial charge in [-0.1, -0.05) is 30.3 Å². The Kier molecular flexibility index (Phi) is 5.19. The van der Waals surface area contributed by atoms with Crippen LogP contribution in [0.4, 0.5) is 8.78 Å². The number of hydrogen-bond donors (Lipinski definition) is 0. The summed E-state index contributed by atoms with van der Waals surface area (Å²) in [5, 5.41) is 0. The summed E-state index contributed by atoms with van der Waals surface area (Å²) in [6, 6.07) is 12.6. The van der Waals surface area contributed by atoms with Crippen LogP contribution < -0.4 is 0 Å². The van der Waals surface area contributed by atoms with Gasteiger partial charge in [-0.15, -0.1) is 0 Å². The fourth-order valence-electron chi connectivity index (χ4n) is 3.25. The average molecular weight is 381 g/mol. The van der Waals surface area contributed by atoms with Crippen molar-refractivity contribution in [3.8, 4) is 0 Å². The highest BCUT2D eigenvalue weighted by Gasteiger charge is 2.29. The lowest BCUT2D eigenvalue weighted by molar-refractivity contribution is 0.0724. The van der Waals surface area contributed by atoms with Gasteiger partial charge in [0.15, 0.2) is 0 Å². The van der Waals surface area contributed by atoms with Crippen LogP contribution in [-0.4, -0.2) is 26.9 Å². The smallest absolute Gasteiger partial charge is 0.257 e. The number of aromatic nitrogens is 2. The van der Waals surface area contributed by atoms with Gasteiger partial charge in [0.25, 0.3) is 5.91 Å². The number of amides is 1. The summed E-state index contributed by atoms with van der Waals surface area (Å²) in [7, 11) is 0. The SMILES string of the molecule is O=C(c1ccccc1F)N(Cc1nccn1Cc1ccccc1F)CC1CC1. The lowest BCUT2D eigenvalue weighted by atomic mass is 10.1. The van der Waals surface area contributed by atoms with Crippen LogP contribution >= 0.6 is 0 Å². The molecule has 0 N–H and O–H groups in total. The molecule has 1 aliphatic carbocycles. The summed E-state index contributed by atoms with van der Waals surface area (Å²) in [5.74, 6) is -0.0489. The topological polar surface area (TPSA) is 38.1 Å². The maximum Gasteiger partial charge on any atom is 0.257 e. The van der Waals surface area contributed by atoms with Gasteiger partial charge in [-0.05, 0) is 37.0 Å². The van der Waals surface area contributed by atoms with Crippen molar-refractivity contribution in [3.05, 3.63) is 89.5 Å².